The van der Waals surface area contributed by atoms with Crippen molar-refractivity contribution in [3.63, 3.8) is 0 Å². The van der Waals surface area contributed by atoms with E-state index in [1.807, 2.05) is 36.4 Å². The number of hydrogen-bond donors (Lipinski definition) is 0. The summed E-state index contributed by atoms with van der Waals surface area (Å²) in [7, 11) is 0. The molecule has 8 nitrogen and oxygen atoms in total. The fraction of sp³-hybridized carbons (Fsp3) is 0.469. The Morgan fingerprint density at radius 1 is 1.05 bits per heavy atom. The molecule has 0 bridgehead atoms. The molecule has 0 N–H and O–H groups in total. The zero-order valence-electron chi connectivity index (χ0n) is 23.3. The third kappa shape index (κ3) is 5.18. The molecule has 2 aromatic carbocycles. The van der Waals surface area contributed by atoms with E-state index in [-0.39, 0.29) is 37.0 Å². The molecule has 3 aliphatic rings. The smallest absolute Gasteiger partial charge is 0.246 e. The summed E-state index contributed by atoms with van der Waals surface area (Å²) in [5, 5.41) is 1.13. The Morgan fingerprint density at radius 3 is 2.60 bits per heavy atom. The van der Waals surface area contributed by atoms with Gasteiger partial charge in [-0.2, -0.15) is 0 Å². The van der Waals surface area contributed by atoms with Gasteiger partial charge in [-0.15, -0.1) is 0 Å². The van der Waals surface area contributed by atoms with Gasteiger partial charge in [0.1, 0.15) is 12.6 Å². The van der Waals surface area contributed by atoms with E-state index in [4.69, 9.17) is 9.47 Å². The Labute approximate surface area is 234 Å². The van der Waals surface area contributed by atoms with Gasteiger partial charge in [0, 0.05) is 48.3 Å². The summed E-state index contributed by atoms with van der Waals surface area (Å²) in [4.78, 5) is 42.8. The molecule has 0 aliphatic carbocycles. The van der Waals surface area contributed by atoms with Crippen LogP contribution in [0.3, 0.4) is 0 Å². The molecule has 3 aliphatic heterocycles. The molecule has 0 spiro atoms. The summed E-state index contributed by atoms with van der Waals surface area (Å²) in [6.07, 6.45) is 3.17. The molecule has 210 valence electrons. The van der Waals surface area contributed by atoms with Crippen LogP contribution in [0.25, 0.3) is 10.9 Å². The van der Waals surface area contributed by atoms with Crippen LogP contribution in [0.4, 0.5) is 0 Å². The first kappa shape index (κ1) is 26.7. The Morgan fingerprint density at radius 2 is 1.85 bits per heavy atom. The molecular weight excluding hydrogens is 506 g/mol. The van der Waals surface area contributed by atoms with Gasteiger partial charge in [0.25, 0.3) is 0 Å². The zero-order valence-corrected chi connectivity index (χ0v) is 23.3. The van der Waals surface area contributed by atoms with Crippen molar-refractivity contribution in [2.75, 3.05) is 26.3 Å². The predicted octanol–water partition coefficient (Wildman–Crippen LogP) is 4.17. The molecule has 0 radical (unpaired) electrons. The van der Waals surface area contributed by atoms with E-state index in [2.05, 4.69) is 30.5 Å². The van der Waals surface area contributed by atoms with Gasteiger partial charge < -0.3 is 23.8 Å². The lowest BCUT2D eigenvalue weighted by Gasteiger charge is -2.43. The number of fused-ring (bicyclic) bond motifs is 4. The second-order valence-corrected chi connectivity index (χ2v) is 11.6. The highest BCUT2D eigenvalue weighted by molar-refractivity contribution is 5.98. The number of benzene rings is 2. The number of carbonyl (C=O) groups excluding carboxylic acids is 3. The summed E-state index contributed by atoms with van der Waals surface area (Å²) in [5.41, 5.74) is 5.00. The van der Waals surface area contributed by atoms with Gasteiger partial charge in [0.05, 0.1) is 13.1 Å². The quantitative estimate of drug-likeness (QED) is 0.399. The van der Waals surface area contributed by atoms with Crippen molar-refractivity contribution in [2.24, 2.45) is 5.92 Å². The van der Waals surface area contributed by atoms with Crippen molar-refractivity contribution < 1.29 is 23.9 Å². The summed E-state index contributed by atoms with van der Waals surface area (Å²) in [6.45, 7) is 6.61. The Kier molecular flexibility index (Phi) is 7.47. The van der Waals surface area contributed by atoms with Crippen LogP contribution in [-0.2, 0) is 38.6 Å². The zero-order chi connectivity index (χ0) is 27.8. The third-order valence-corrected chi connectivity index (χ3v) is 8.27. The van der Waals surface area contributed by atoms with Crippen molar-refractivity contribution in [1.82, 2.24) is 14.4 Å². The molecule has 1 aromatic heterocycles. The number of para-hydroxylation sites is 1. The molecule has 6 rings (SSSR count). The van der Waals surface area contributed by atoms with Gasteiger partial charge in [-0.05, 0) is 42.4 Å². The Bertz CT molecular complexity index is 1420. The van der Waals surface area contributed by atoms with Gasteiger partial charge in [0.15, 0.2) is 12.1 Å². The van der Waals surface area contributed by atoms with Crippen LogP contribution in [0.1, 0.15) is 60.3 Å². The van der Waals surface area contributed by atoms with Crippen LogP contribution in [0.5, 0.6) is 0 Å². The topological polar surface area (TPSA) is 81.1 Å². The van der Waals surface area contributed by atoms with E-state index in [1.165, 1.54) is 0 Å². The number of carbonyl (C=O) groups is 3. The lowest BCUT2D eigenvalue weighted by Crippen LogP contribution is -2.62. The number of Topliss-reactive ketones (excluding diaryl/α,β-unsaturated/α-hetero) is 1. The van der Waals surface area contributed by atoms with E-state index in [0.717, 1.165) is 47.0 Å². The van der Waals surface area contributed by atoms with Crippen LogP contribution < -0.4 is 0 Å². The average Bonchev–Trinajstić information content (AvgIpc) is 3.27. The lowest BCUT2D eigenvalue weighted by molar-refractivity contribution is -0.157. The van der Waals surface area contributed by atoms with Gasteiger partial charge in [-0.25, -0.2) is 0 Å². The number of nitrogens with zero attached hydrogens (tertiary/aromatic N) is 3. The molecule has 4 heterocycles. The summed E-state index contributed by atoms with van der Waals surface area (Å²) in [6, 6.07) is 15.5. The van der Waals surface area contributed by atoms with Crippen LogP contribution in [0, 0.1) is 5.92 Å². The molecule has 0 saturated carbocycles. The minimum Gasteiger partial charge on any atom is -0.353 e. The monoisotopic (exact) mass is 543 g/mol. The molecule has 8 heteroatoms. The van der Waals surface area contributed by atoms with Crippen molar-refractivity contribution in [2.45, 2.75) is 65.0 Å². The predicted molar refractivity (Wildman–Crippen MR) is 151 cm³/mol. The largest absolute Gasteiger partial charge is 0.353 e. The van der Waals surface area contributed by atoms with Crippen LogP contribution >= 0.6 is 0 Å². The standard InChI is InChI=1S/C32H37N3O5/c1-21(2)16-33-19-30(37)35-18-28-25(15-27(35)32(33)38)24-7-3-4-8-26(24)34(28)17-22-10-12-23(13-11-22)29(36)20-40-31-9-5-6-14-39-31/h3-4,7-8,10-13,21,27,31H,5-6,9,14-20H2,1-2H3. The van der Waals surface area contributed by atoms with Crippen LogP contribution in [-0.4, -0.2) is 70.6 Å². The third-order valence-electron chi connectivity index (χ3n) is 8.27. The highest BCUT2D eigenvalue weighted by atomic mass is 16.7. The maximum absolute atomic E-state index is 13.4. The molecule has 3 aromatic rings. The molecular formula is C32H37N3O5. The second-order valence-electron chi connectivity index (χ2n) is 11.6. The summed E-state index contributed by atoms with van der Waals surface area (Å²) >= 11 is 0. The SMILES string of the molecule is CC(C)CN1CC(=O)N2Cc3c(c4ccccc4n3Cc3ccc(C(=O)COC4CCCCO4)cc3)CC2C1=O. The number of rotatable bonds is 8. The number of hydrogen-bond acceptors (Lipinski definition) is 5. The van der Waals surface area contributed by atoms with Crippen LogP contribution in [0.2, 0.25) is 0 Å². The Balaban J connectivity index is 1.22. The molecule has 2 saturated heterocycles. The number of ether oxygens (including phenoxy) is 2. The number of piperazine rings is 1. The Hall–Kier alpha value is -3.49. The maximum atomic E-state index is 13.4. The second kappa shape index (κ2) is 11.2. The van der Waals surface area contributed by atoms with E-state index in [1.54, 1.807) is 9.80 Å². The van der Waals surface area contributed by atoms with Gasteiger partial charge in [-0.1, -0.05) is 56.3 Å². The fourth-order valence-corrected chi connectivity index (χ4v) is 6.29. The lowest BCUT2D eigenvalue weighted by atomic mass is 9.93. The molecule has 2 atom stereocenters. The van der Waals surface area contributed by atoms with E-state index < -0.39 is 6.04 Å². The van der Waals surface area contributed by atoms with Crippen molar-refractivity contribution in [1.29, 1.82) is 0 Å². The molecule has 2 unspecified atom stereocenters. The van der Waals surface area contributed by atoms with E-state index in [0.29, 0.717) is 44.1 Å². The van der Waals surface area contributed by atoms with Crippen LogP contribution in [0.15, 0.2) is 48.5 Å². The van der Waals surface area contributed by atoms with Gasteiger partial charge >= 0.3 is 0 Å². The highest BCUT2D eigenvalue weighted by Crippen LogP contribution is 2.35. The number of ketones is 1. The first-order chi connectivity index (χ1) is 19.4. The maximum Gasteiger partial charge on any atom is 0.246 e. The van der Waals surface area contributed by atoms with Gasteiger partial charge in [0.2, 0.25) is 11.8 Å². The normalized spacial score (nSPS) is 21.2. The van der Waals surface area contributed by atoms with Crippen molar-refractivity contribution >= 4 is 28.5 Å². The van der Waals surface area contributed by atoms with E-state index in [9.17, 15) is 14.4 Å². The first-order valence-corrected chi connectivity index (χ1v) is 14.4. The first-order valence-electron chi connectivity index (χ1n) is 14.4. The minimum atomic E-state index is -0.446. The number of amides is 2. The summed E-state index contributed by atoms with van der Waals surface area (Å²) in [5.74, 6) is 0.311. The molecule has 2 fully saturated rings. The molecule has 40 heavy (non-hydrogen) atoms. The van der Waals surface area contributed by atoms with E-state index >= 15 is 0 Å². The summed E-state index contributed by atoms with van der Waals surface area (Å²) < 4.78 is 13.5. The number of aromatic nitrogens is 1. The average molecular weight is 544 g/mol. The van der Waals surface area contributed by atoms with Crippen molar-refractivity contribution in [3.8, 4) is 0 Å². The van der Waals surface area contributed by atoms with Gasteiger partial charge in [-0.3, -0.25) is 14.4 Å². The minimum absolute atomic E-state index is 0.0106. The highest BCUT2D eigenvalue weighted by Gasteiger charge is 2.43. The van der Waals surface area contributed by atoms with Crippen molar-refractivity contribution in [3.05, 3.63) is 70.9 Å². The fourth-order valence-electron chi connectivity index (χ4n) is 6.29. The molecule has 2 amide bonds.